The average molecular weight is 626 g/mol. The zero-order valence-corrected chi connectivity index (χ0v) is 24.0. The third-order valence-electron chi connectivity index (χ3n) is 6.58. The molecule has 1 aliphatic heterocycles. The summed E-state index contributed by atoms with van der Waals surface area (Å²) in [5.74, 6) is -7.28. The van der Waals surface area contributed by atoms with Crippen molar-refractivity contribution in [2.75, 3.05) is 14.2 Å². The van der Waals surface area contributed by atoms with Crippen molar-refractivity contribution in [2.24, 2.45) is 10.8 Å². The maximum absolute atomic E-state index is 15.2. The van der Waals surface area contributed by atoms with Crippen molar-refractivity contribution in [3.8, 4) is 17.2 Å². The lowest BCUT2D eigenvalue weighted by Gasteiger charge is -2.24. The number of amides is 2. The van der Waals surface area contributed by atoms with Crippen molar-refractivity contribution < 1.29 is 41.4 Å². The van der Waals surface area contributed by atoms with E-state index < -0.39 is 51.8 Å². The van der Waals surface area contributed by atoms with E-state index in [-0.39, 0.29) is 23.1 Å². The molecular weight excluding hydrogens is 602 g/mol. The van der Waals surface area contributed by atoms with Crippen molar-refractivity contribution in [1.82, 2.24) is 5.01 Å². The maximum atomic E-state index is 15.2. The molecule has 2 amide bonds. The first kappa shape index (κ1) is 30.4. The van der Waals surface area contributed by atoms with Gasteiger partial charge in [-0.2, -0.15) is 9.49 Å². The van der Waals surface area contributed by atoms with E-state index >= 15 is 4.39 Å². The minimum atomic E-state index is -1.59. The van der Waals surface area contributed by atoms with Crippen LogP contribution in [0, 0.1) is 23.3 Å². The molecule has 0 aromatic heterocycles. The van der Waals surface area contributed by atoms with Gasteiger partial charge in [0.15, 0.2) is 28.9 Å². The zero-order valence-electron chi connectivity index (χ0n) is 23.1. The van der Waals surface area contributed by atoms with E-state index in [1.807, 2.05) is 0 Å². The number of para-hydroxylation sites is 1. The van der Waals surface area contributed by atoms with Gasteiger partial charge in [-0.3, -0.25) is 9.59 Å². The van der Waals surface area contributed by atoms with Crippen molar-refractivity contribution >= 4 is 28.6 Å². The molecule has 13 heteroatoms. The summed E-state index contributed by atoms with van der Waals surface area (Å²) in [7, 11) is 2.32. The second kappa shape index (κ2) is 12.7. The van der Waals surface area contributed by atoms with Crippen LogP contribution < -0.4 is 19.9 Å². The second-order valence-corrected chi connectivity index (χ2v) is 10.4. The van der Waals surface area contributed by atoms with E-state index in [1.54, 1.807) is 42.5 Å². The fourth-order valence-corrected chi connectivity index (χ4v) is 5.64. The SMILES string of the molecule is COc1c(OCc2cccc(C(N)=O)c2)cccc1C1SC(c2ccc(F)cc2)=NN1C(=O)c1cc(F)c(F)c(OC)c1F. The van der Waals surface area contributed by atoms with Crippen molar-refractivity contribution in [3.63, 3.8) is 0 Å². The lowest BCUT2D eigenvalue weighted by Crippen LogP contribution is -2.27. The number of ether oxygens (including phenoxy) is 3. The molecule has 44 heavy (non-hydrogen) atoms. The molecule has 1 heterocycles. The number of methoxy groups -OCH3 is 2. The van der Waals surface area contributed by atoms with E-state index in [0.717, 1.165) is 23.9 Å². The molecule has 0 fully saturated rings. The fraction of sp³-hybridized carbons (Fsp3) is 0.129. The quantitative estimate of drug-likeness (QED) is 0.176. The van der Waals surface area contributed by atoms with Gasteiger partial charge < -0.3 is 19.9 Å². The van der Waals surface area contributed by atoms with Crippen LogP contribution in [0.5, 0.6) is 17.2 Å². The van der Waals surface area contributed by atoms with E-state index in [2.05, 4.69) is 9.84 Å². The maximum Gasteiger partial charge on any atom is 0.278 e. The molecule has 0 radical (unpaired) electrons. The Bertz CT molecular complexity index is 1790. The van der Waals surface area contributed by atoms with Gasteiger partial charge in [0.25, 0.3) is 5.91 Å². The fourth-order valence-electron chi connectivity index (χ4n) is 4.47. The molecule has 0 aliphatic carbocycles. The van der Waals surface area contributed by atoms with Crippen molar-refractivity contribution in [1.29, 1.82) is 0 Å². The van der Waals surface area contributed by atoms with E-state index in [0.29, 0.717) is 28.3 Å². The summed E-state index contributed by atoms with van der Waals surface area (Å²) in [5, 5.41) is 4.52. The van der Waals surface area contributed by atoms with Crippen LogP contribution in [0.15, 0.2) is 77.9 Å². The zero-order chi connectivity index (χ0) is 31.5. The Morgan fingerprint density at radius 2 is 1.61 bits per heavy atom. The van der Waals surface area contributed by atoms with E-state index in [9.17, 15) is 22.8 Å². The van der Waals surface area contributed by atoms with Crippen LogP contribution in [0.2, 0.25) is 0 Å². The third-order valence-corrected chi connectivity index (χ3v) is 7.80. The number of benzene rings is 4. The van der Waals surface area contributed by atoms with Gasteiger partial charge in [0.2, 0.25) is 11.7 Å². The van der Waals surface area contributed by atoms with Crippen LogP contribution in [0.1, 0.15) is 42.8 Å². The van der Waals surface area contributed by atoms with Crippen LogP contribution in [-0.2, 0) is 6.61 Å². The Labute approximate surface area is 253 Å². The first-order chi connectivity index (χ1) is 21.1. The smallest absolute Gasteiger partial charge is 0.278 e. The molecule has 0 saturated heterocycles. The number of rotatable bonds is 9. The van der Waals surface area contributed by atoms with Gasteiger partial charge in [0.1, 0.15) is 22.8 Å². The van der Waals surface area contributed by atoms with Gasteiger partial charge >= 0.3 is 0 Å². The van der Waals surface area contributed by atoms with Crippen molar-refractivity contribution in [3.05, 3.63) is 124 Å². The highest BCUT2D eigenvalue weighted by Crippen LogP contribution is 2.48. The number of hydrogen-bond donors (Lipinski definition) is 1. The highest BCUT2D eigenvalue weighted by atomic mass is 32.2. The molecule has 4 aromatic carbocycles. The Balaban J connectivity index is 1.55. The molecule has 1 atom stereocenters. The molecule has 0 saturated carbocycles. The van der Waals surface area contributed by atoms with Gasteiger partial charge in [-0.05, 0) is 54.1 Å². The number of hydrogen-bond acceptors (Lipinski definition) is 7. The summed E-state index contributed by atoms with van der Waals surface area (Å²) in [6, 6.07) is 17.2. The van der Waals surface area contributed by atoms with E-state index in [1.165, 1.54) is 31.4 Å². The molecule has 0 bridgehead atoms. The highest BCUT2D eigenvalue weighted by Gasteiger charge is 2.39. The summed E-state index contributed by atoms with van der Waals surface area (Å²) in [6.45, 7) is 0.0264. The number of nitrogens with zero attached hydrogens (tertiary/aromatic N) is 2. The molecule has 2 N–H and O–H groups in total. The molecule has 1 unspecified atom stereocenters. The van der Waals surface area contributed by atoms with Crippen molar-refractivity contribution in [2.45, 2.75) is 12.0 Å². The minimum absolute atomic E-state index is 0.0264. The Morgan fingerprint density at radius 3 is 2.30 bits per heavy atom. The topological polar surface area (TPSA) is 103 Å². The lowest BCUT2D eigenvalue weighted by molar-refractivity contribution is 0.0740. The molecular formula is C31H23F4N3O5S. The Kier molecular flexibility index (Phi) is 8.76. The van der Waals surface area contributed by atoms with Crippen LogP contribution in [0.3, 0.4) is 0 Å². The predicted octanol–water partition coefficient (Wildman–Crippen LogP) is 6.19. The summed E-state index contributed by atoms with van der Waals surface area (Å²) < 4.78 is 73.7. The summed E-state index contributed by atoms with van der Waals surface area (Å²) in [4.78, 5) is 25.3. The molecule has 4 aromatic rings. The Hall–Kier alpha value is -5.04. The second-order valence-electron chi connectivity index (χ2n) is 9.33. The monoisotopic (exact) mass is 625 g/mol. The first-order valence-corrected chi connectivity index (χ1v) is 13.8. The summed E-state index contributed by atoms with van der Waals surface area (Å²) in [5.41, 5.74) is 6.31. The van der Waals surface area contributed by atoms with Gasteiger partial charge in [-0.15, -0.1) is 0 Å². The first-order valence-electron chi connectivity index (χ1n) is 12.9. The molecule has 0 spiro atoms. The summed E-state index contributed by atoms with van der Waals surface area (Å²) >= 11 is 1.06. The molecule has 226 valence electrons. The molecule has 1 aliphatic rings. The van der Waals surface area contributed by atoms with Crippen LogP contribution in [0.4, 0.5) is 17.6 Å². The Morgan fingerprint density at radius 1 is 0.909 bits per heavy atom. The van der Waals surface area contributed by atoms with Gasteiger partial charge in [-0.1, -0.05) is 36.0 Å². The number of thioether (sulfide) groups is 1. The van der Waals surface area contributed by atoms with E-state index in [4.69, 9.17) is 15.2 Å². The predicted molar refractivity (Wildman–Crippen MR) is 155 cm³/mol. The van der Waals surface area contributed by atoms with Crippen LogP contribution >= 0.6 is 11.8 Å². The number of carbonyl (C=O) groups is 2. The normalized spacial score (nSPS) is 14.3. The lowest BCUT2D eigenvalue weighted by atomic mass is 10.1. The number of nitrogens with two attached hydrogens (primary N) is 1. The minimum Gasteiger partial charge on any atom is -0.492 e. The number of halogens is 4. The average Bonchev–Trinajstić information content (AvgIpc) is 3.47. The highest BCUT2D eigenvalue weighted by molar-refractivity contribution is 8.14. The molecule has 5 rings (SSSR count). The third kappa shape index (κ3) is 5.91. The summed E-state index contributed by atoms with van der Waals surface area (Å²) in [6.07, 6.45) is 0. The van der Waals surface area contributed by atoms with Gasteiger partial charge in [0.05, 0.1) is 19.8 Å². The largest absolute Gasteiger partial charge is 0.492 e. The van der Waals surface area contributed by atoms with Crippen LogP contribution in [-0.4, -0.2) is 36.1 Å². The number of primary amides is 1. The van der Waals surface area contributed by atoms with Crippen LogP contribution in [0.25, 0.3) is 0 Å². The van der Waals surface area contributed by atoms with Gasteiger partial charge in [0, 0.05) is 16.7 Å². The standard InChI is InChI=1S/C31H23F4N3O5S/c1-41-26-20(7-4-8-23(26)43-15-16-5-3-6-18(13-16)28(36)39)31-38(37-29(44-31)17-9-11-19(32)12-10-17)30(40)21-14-22(33)25(35)27(42-2)24(21)34/h3-14,31H,15H2,1-2H3,(H2,36,39). The molecule has 8 nitrogen and oxygen atoms in total. The number of hydrazone groups is 1. The number of carbonyl (C=O) groups excluding carboxylic acids is 2. The van der Waals surface area contributed by atoms with Gasteiger partial charge in [-0.25, -0.2) is 18.2 Å².